The first-order valence-electron chi connectivity index (χ1n) is 4.71. The zero-order valence-corrected chi connectivity index (χ0v) is 10.4. The quantitative estimate of drug-likeness (QED) is 0.817. The third kappa shape index (κ3) is 3.27. The summed E-state index contributed by atoms with van der Waals surface area (Å²) < 4.78 is 26.1. The number of rotatable bonds is 5. The van der Waals surface area contributed by atoms with Gasteiger partial charge in [-0.1, -0.05) is 6.92 Å². The minimum atomic E-state index is -3.45. The molecule has 1 aromatic rings. The average molecular weight is 249 g/mol. The minimum absolute atomic E-state index is 0.203. The number of hydrogen-bond acceptors (Lipinski definition) is 4. The lowest BCUT2D eigenvalue weighted by molar-refractivity contribution is 0.265. The van der Waals surface area contributed by atoms with E-state index in [0.717, 1.165) is 11.3 Å². The molecule has 0 amide bonds. The maximum absolute atomic E-state index is 11.7. The molecule has 0 saturated heterocycles. The second-order valence-corrected chi connectivity index (χ2v) is 6.39. The van der Waals surface area contributed by atoms with Gasteiger partial charge in [-0.3, -0.25) is 0 Å². The fourth-order valence-corrected chi connectivity index (χ4v) is 3.60. The van der Waals surface area contributed by atoms with E-state index in [-0.39, 0.29) is 6.61 Å². The van der Waals surface area contributed by atoms with Gasteiger partial charge < -0.3 is 5.11 Å². The molecular formula is C9H15NO3S2. The Balaban J connectivity index is 2.86. The number of thiophene rings is 1. The lowest BCUT2D eigenvalue weighted by Gasteiger charge is -2.09. The van der Waals surface area contributed by atoms with Crippen molar-refractivity contribution in [3.8, 4) is 0 Å². The molecule has 0 aliphatic heterocycles. The molecule has 0 spiro atoms. The van der Waals surface area contributed by atoms with Crippen LogP contribution in [0.25, 0.3) is 0 Å². The van der Waals surface area contributed by atoms with E-state index in [1.165, 1.54) is 11.3 Å². The topological polar surface area (TPSA) is 66.4 Å². The molecule has 1 aromatic heterocycles. The normalized spacial score (nSPS) is 14.1. The summed E-state index contributed by atoms with van der Waals surface area (Å²) in [7, 11) is -3.45. The van der Waals surface area contributed by atoms with Crippen molar-refractivity contribution in [1.82, 2.24) is 4.72 Å². The van der Waals surface area contributed by atoms with Crippen molar-refractivity contribution in [3.63, 3.8) is 0 Å². The van der Waals surface area contributed by atoms with E-state index in [4.69, 9.17) is 5.11 Å². The molecule has 4 nitrogen and oxygen atoms in total. The van der Waals surface area contributed by atoms with Crippen molar-refractivity contribution < 1.29 is 13.5 Å². The molecule has 1 heterocycles. The van der Waals surface area contributed by atoms with E-state index in [0.29, 0.717) is 4.21 Å². The van der Waals surface area contributed by atoms with Gasteiger partial charge in [0.2, 0.25) is 10.0 Å². The Morgan fingerprint density at radius 1 is 1.53 bits per heavy atom. The molecule has 1 atom stereocenters. The molecule has 1 rings (SSSR count). The highest BCUT2D eigenvalue weighted by Crippen LogP contribution is 2.21. The number of nitrogens with one attached hydrogen (secondary N) is 1. The van der Waals surface area contributed by atoms with Crippen LogP contribution in [-0.4, -0.2) is 26.2 Å². The summed E-state index contributed by atoms with van der Waals surface area (Å²) in [5.41, 5.74) is 0. The van der Waals surface area contributed by atoms with Gasteiger partial charge in [-0.2, -0.15) is 0 Å². The Hall–Kier alpha value is -0.430. The first-order chi connectivity index (χ1) is 6.99. The second kappa shape index (κ2) is 5.07. The summed E-state index contributed by atoms with van der Waals surface area (Å²) >= 11 is 1.26. The van der Waals surface area contributed by atoms with Crippen molar-refractivity contribution >= 4 is 21.4 Å². The third-order valence-electron chi connectivity index (χ3n) is 1.88. The molecule has 0 fully saturated rings. The van der Waals surface area contributed by atoms with Gasteiger partial charge in [0.1, 0.15) is 4.21 Å². The Labute approximate surface area is 94.0 Å². The van der Waals surface area contributed by atoms with Gasteiger partial charge in [-0.25, -0.2) is 13.1 Å². The molecule has 2 N–H and O–H groups in total. The summed E-state index contributed by atoms with van der Waals surface area (Å²) in [4.78, 5) is 1.03. The third-order valence-corrected chi connectivity index (χ3v) is 5.19. The number of aliphatic hydroxyl groups is 1. The lowest BCUT2D eigenvalue weighted by Crippen LogP contribution is -2.34. The summed E-state index contributed by atoms with van der Waals surface area (Å²) in [5, 5.41) is 8.77. The van der Waals surface area contributed by atoms with E-state index in [9.17, 15) is 8.42 Å². The van der Waals surface area contributed by atoms with E-state index < -0.39 is 16.1 Å². The summed E-state index contributed by atoms with van der Waals surface area (Å²) in [6.45, 7) is 3.39. The van der Waals surface area contributed by atoms with Crippen LogP contribution in [0.2, 0.25) is 0 Å². The van der Waals surface area contributed by atoms with Crippen LogP contribution in [0, 0.1) is 0 Å². The van der Waals surface area contributed by atoms with Crippen LogP contribution in [0.1, 0.15) is 18.7 Å². The largest absolute Gasteiger partial charge is 0.395 e. The standard InChI is InChI=1S/C9H15NO3S2/c1-3-8-4-5-9(14-8)15(12,13)10-7(2)6-11/h4-5,7,10-11H,3,6H2,1-2H3. The molecule has 0 aromatic carbocycles. The molecule has 0 aliphatic rings. The molecule has 0 bridgehead atoms. The molecule has 15 heavy (non-hydrogen) atoms. The Morgan fingerprint density at radius 3 is 2.67 bits per heavy atom. The number of hydrogen-bond donors (Lipinski definition) is 2. The minimum Gasteiger partial charge on any atom is -0.395 e. The molecule has 1 unspecified atom stereocenters. The monoisotopic (exact) mass is 249 g/mol. The van der Waals surface area contributed by atoms with Crippen LogP contribution < -0.4 is 4.72 Å². The zero-order chi connectivity index (χ0) is 11.5. The van der Waals surface area contributed by atoms with Crippen LogP contribution in [0.5, 0.6) is 0 Å². The van der Waals surface area contributed by atoms with E-state index >= 15 is 0 Å². The van der Waals surface area contributed by atoms with Crippen molar-refractivity contribution in [2.75, 3.05) is 6.61 Å². The number of aryl methyl sites for hydroxylation is 1. The van der Waals surface area contributed by atoms with Crippen LogP contribution >= 0.6 is 11.3 Å². The van der Waals surface area contributed by atoms with Crippen LogP contribution in [0.15, 0.2) is 16.3 Å². The first kappa shape index (κ1) is 12.6. The van der Waals surface area contributed by atoms with Crippen molar-refractivity contribution in [2.45, 2.75) is 30.5 Å². The molecule has 0 aliphatic carbocycles. The van der Waals surface area contributed by atoms with E-state index in [2.05, 4.69) is 4.72 Å². The number of sulfonamides is 1. The zero-order valence-electron chi connectivity index (χ0n) is 8.73. The fourth-order valence-electron chi connectivity index (χ4n) is 1.05. The van der Waals surface area contributed by atoms with Gasteiger partial charge >= 0.3 is 0 Å². The van der Waals surface area contributed by atoms with Gasteiger partial charge in [0.05, 0.1) is 6.61 Å². The highest BCUT2D eigenvalue weighted by atomic mass is 32.2. The molecule has 0 radical (unpaired) electrons. The maximum Gasteiger partial charge on any atom is 0.250 e. The molecule has 0 saturated carbocycles. The van der Waals surface area contributed by atoms with Gasteiger partial charge in [0.25, 0.3) is 0 Å². The average Bonchev–Trinajstić information content (AvgIpc) is 2.65. The highest BCUT2D eigenvalue weighted by Gasteiger charge is 2.18. The SMILES string of the molecule is CCc1ccc(S(=O)(=O)NC(C)CO)s1. The fraction of sp³-hybridized carbons (Fsp3) is 0.556. The van der Waals surface area contributed by atoms with Gasteiger partial charge in [-0.15, -0.1) is 11.3 Å². The smallest absolute Gasteiger partial charge is 0.250 e. The highest BCUT2D eigenvalue weighted by molar-refractivity contribution is 7.91. The Morgan fingerprint density at radius 2 is 2.20 bits per heavy atom. The van der Waals surface area contributed by atoms with E-state index in [1.54, 1.807) is 13.0 Å². The van der Waals surface area contributed by atoms with Gasteiger partial charge in [0, 0.05) is 10.9 Å². The predicted octanol–water partition coefficient (Wildman–Crippen LogP) is 0.970. The number of aliphatic hydroxyl groups excluding tert-OH is 1. The lowest BCUT2D eigenvalue weighted by atomic mass is 10.4. The molecule has 6 heteroatoms. The summed E-state index contributed by atoms with van der Waals surface area (Å²) in [5.74, 6) is 0. The molecular weight excluding hydrogens is 234 g/mol. The first-order valence-corrected chi connectivity index (χ1v) is 7.01. The molecule has 86 valence electrons. The maximum atomic E-state index is 11.7. The summed E-state index contributed by atoms with van der Waals surface area (Å²) in [6, 6.07) is 2.95. The van der Waals surface area contributed by atoms with Crippen LogP contribution in [-0.2, 0) is 16.4 Å². The van der Waals surface area contributed by atoms with Gasteiger partial charge in [-0.05, 0) is 25.5 Å². The van der Waals surface area contributed by atoms with E-state index in [1.807, 2.05) is 13.0 Å². The van der Waals surface area contributed by atoms with Crippen LogP contribution in [0.4, 0.5) is 0 Å². The van der Waals surface area contributed by atoms with Crippen molar-refractivity contribution in [2.24, 2.45) is 0 Å². The predicted molar refractivity (Wildman–Crippen MR) is 60.6 cm³/mol. The van der Waals surface area contributed by atoms with Crippen molar-refractivity contribution in [3.05, 3.63) is 17.0 Å². The summed E-state index contributed by atoms with van der Waals surface area (Å²) in [6.07, 6.45) is 0.829. The van der Waals surface area contributed by atoms with Gasteiger partial charge in [0.15, 0.2) is 0 Å². The Kier molecular flexibility index (Phi) is 4.27. The second-order valence-electron chi connectivity index (χ2n) is 3.28. The van der Waals surface area contributed by atoms with Crippen LogP contribution in [0.3, 0.4) is 0 Å². The Bertz CT molecular complexity index is 411. The van der Waals surface area contributed by atoms with Crippen molar-refractivity contribution in [1.29, 1.82) is 0 Å².